The molecule has 3 saturated heterocycles. The lowest BCUT2D eigenvalue weighted by atomic mass is 9.84. The number of carbonyl (C=O) groups excluding carboxylic acids is 2. The Morgan fingerprint density at radius 1 is 1.11 bits per heavy atom. The molecule has 0 radical (unpaired) electrons. The molecule has 3 fully saturated rings. The summed E-state index contributed by atoms with van der Waals surface area (Å²) in [6.07, 6.45) is 2.40. The lowest BCUT2D eigenvalue weighted by molar-refractivity contribution is -0.114. The molecule has 2 N–H and O–H groups in total. The quantitative estimate of drug-likeness (QED) is 0.802. The molecule has 3 aliphatic rings. The molecule has 7 heteroatoms. The lowest BCUT2D eigenvalue weighted by Crippen LogP contribution is -2.57. The van der Waals surface area contributed by atoms with Gasteiger partial charge in [0, 0.05) is 30.1 Å². The van der Waals surface area contributed by atoms with Gasteiger partial charge >= 0.3 is 0 Å². The summed E-state index contributed by atoms with van der Waals surface area (Å²) >= 11 is 3.16. The summed E-state index contributed by atoms with van der Waals surface area (Å²) in [6.45, 7) is 4.84. The van der Waals surface area contributed by atoms with Gasteiger partial charge in [0.2, 0.25) is 5.91 Å². The molecule has 1 aromatic carbocycles. The van der Waals surface area contributed by atoms with Gasteiger partial charge in [-0.2, -0.15) is 0 Å². The zero-order valence-corrected chi connectivity index (χ0v) is 16.9. The smallest absolute Gasteiger partial charge is 0.261 e. The number of rotatable bonds is 5. The highest BCUT2D eigenvalue weighted by atomic mass is 32.2. The van der Waals surface area contributed by atoms with Crippen LogP contribution < -0.4 is 10.6 Å². The molecule has 0 unspecified atom stereocenters. The summed E-state index contributed by atoms with van der Waals surface area (Å²) in [7, 11) is 0. The van der Waals surface area contributed by atoms with E-state index in [0.717, 1.165) is 26.2 Å². The highest BCUT2D eigenvalue weighted by Gasteiger charge is 2.35. The van der Waals surface area contributed by atoms with Crippen LogP contribution in [0, 0.1) is 5.92 Å². The average Bonchev–Trinajstić information content (AvgIpc) is 3.13. The Kier molecular flexibility index (Phi) is 5.52. The Morgan fingerprint density at radius 2 is 1.85 bits per heavy atom. The number of hydrogen-bond donors (Lipinski definition) is 2. The van der Waals surface area contributed by atoms with Crippen LogP contribution in [0.4, 0.5) is 5.69 Å². The van der Waals surface area contributed by atoms with Gasteiger partial charge in [-0.15, -0.1) is 11.3 Å². The van der Waals surface area contributed by atoms with Crippen LogP contribution in [0.3, 0.4) is 0 Å². The topological polar surface area (TPSA) is 61.4 Å². The standard InChI is InChI=1S/C20H23N3O2S2/c1-13(24)21-15-2-4-16(5-3-15)26-19-7-6-18(27-19)20(25)22-17-12-23-10-8-14(17)9-11-23/h2-7,14,17H,8-12H2,1H3,(H,21,24)(H,22,25)/t17-/m0/s1. The van der Waals surface area contributed by atoms with Gasteiger partial charge in [-0.05, 0) is 68.2 Å². The molecule has 2 bridgehead atoms. The molecule has 3 aliphatic heterocycles. The third-order valence-electron chi connectivity index (χ3n) is 5.17. The molecule has 4 heterocycles. The fraction of sp³-hybridized carbons (Fsp3) is 0.400. The predicted molar refractivity (Wildman–Crippen MR) is 110 cm³/mol. The van der Waals surface area contributed by atoms with Crippen molar-refractivity contribution in [1.29, 1.82) is 0 Å². The van der Waals surface area contributed by atoms with E-state index in [1.54, 1.807) is 11.8 Å². The number of amides is 2. The minimum absolute atomic E-state index is 0.0478. The van der Waals surface area contributed by atoms with Gasteiger partial charge in [0.1, 0.15) is 0 Å². The average molecular weight is 402 g/mol. The van der Waals surface area contributed by atoms with Crippen molar-refractivity contribution >= 4 is 40.6 Å². The number of anilines is 1. The zero-order chi connectivity index (χ0) is 18.8. The van der Waals surface area contributed by atoms with Crippen molar-refractivity contribution in [2.24, 2.45) is 5.92 Å². The molecule has 1 aromatic heterocycles. The van der Waals surface area contributed by atoms with E-state index in [1.165, 1.54) is 44.2 Å². The molecule has 2 amide bonds. The van der Waals surface area contributed by atoms with Crippen LogP contribution in [0.15, 0.2) is 45.5 Å². The summed E-state index contributed by atoms with van der Waals surface area (Å²) in [5, 5.41) is 6.01. The van der Waals surface area contributed by atoms with E-state index in [-0.39, 0.29) is 11.8 Å². The molecule has 5 nitrogen and oxygen atoms in total. The molecular formula is C20H23N3O2S2. The van der Waals surface area contributed by atoms with Gasteiger partial charge in [-0.3, -0.25) is 9.59 Å². The maximum absolute atomic E-state index is 12.6. The first kappa shape index (κ1) is 18.5. The summed E-state index contributed by atoms with van der Waals surface area (Å²) in [4.78, 5) is 28.0. The van der Waals surface area contributed by atoms with E-state index < -0.39 is 0 Å². The Hall–Kier alpha value is -1.83. The third-order valence-corrected chi connectivity index (χ3v) is 7.39. The summed E-state index contributed by atoms with van der Waals surface area (Å²) in [5.74, 6) is 0.605. The third kappa shape index (κ3) is 4.54. The maximum atomic E-state index is 12.6. The molecule has 2 aromatic rings. The van der Waals surface area contributed by atoms with Gasteiger partial charge in [0.05, 0.1) is 9.09 Å². The molecule has 5 rings (SSSR count). The SMILES string of the molecule is CC(=O)Nc1ccc(Sc2ccc(C(=O)N[C@H]3CN4CCC3CC4)s2)cc1. The van der Waals surface area contributed by atoms with Crippen molar-refractivity contribution in [1.82, 2.24) is 10.2 Å². The normalized spacial score (nSPS) is 23.8. The van der Waals surface area contributed by atoms with Crippen LogP contribution in [-0.2, 0) is 4.79 Å². The van der Waals surface area contributed by atoms with Crippen molar-refractivity contribution in [3.63, 3.8) is 0 Å². The van der Waals surface area contributed by atoms with Crippen LogP contribution >= 0.6 is 23.1 Å². The highest BCUT2D eigenvalue weighted by molar-refractivity contribution is 8.01. The Morgan fingerprint density at radius 3 is 2.48 bits per heavy atom. The molecule has 1 atom stereocenters. The van der Waals surface area contributed by atoms with Crippen molar-refractivity contribution < 1.29 is 9.59 Å². The van der Waals surface area contributed by atoms with Crippen molar-refractivity contribution in [2.45, 2.75) is 34.9 Å². The maximum Gasteiger partial charge on any atom is 0.261 e. The predicted octanol–water partition coefficient (Wildman–Crippen LogP) is 3.68. The number of fused-ring (bicyclic) bond motifs is 3. The zero-order valence-electron chi connectivity index (χ0n) is 15.2. The van der Waals surface area contributed by atoms with Gasteiger partial charge in [-0.1, -0.05) is 11.8 Å². The van der Waals surface area contributed by atoms with Gasteiger partial charge in [-0.25, -0.2) is 0 Å². The Balaban J connectivity index is 1.35. The fourth-order valence-electron chi connectivity index (χ4n) is 3.79. The summed E-state index contributed by atoms with van der Waals surface area (Å²) < 4.78 is 1.08. The largest absolute Gasteiger partial charge is 0.347 e. The highest BCUT2D eigenvalue weighted by Crippen LogP contribution is 2.34. The lowest BCUT2D eigenvalue weighted by Gasteiger charge is -2.44. The molecule has 0 aliphatic carbocycles. The molecule has 27 heavy (non-hydrogen) atoms. The Labute approximate surface area is 167 Å². The van der Waals surface area contributed by atoms with E-state index in [9.17, 15) is 9.59 Å². The summed E-state index contributed by atoms with van der Waals surface area (Å²) in [5.41, 5.74) is 0.788. The number of nitrogens with zero attached hydrogens (tertiary/aromatic N) is 1. The number of carbonyl (C=O) groups is 2. The van der Waals surface area contributed by atoms with E-state index in [2.05, 4.69) is 15.5 Å². The van der Waals surface area contributed by atoms with Gasteiger partial charge in [0.25, 0.3) is 5.91 Å². The molecule has 0 saturated carbocycles. The van der Waals surface area contributed by atoms with E-state index in [0.29, 0.717) is 12.0 Å². The number of piperidine rings is 3. The van der Waals surface area contributed by atoms with Crippen LogP contribution in [0.1, 0.15) is 29.4 Å². The number of hydrogen-bond acceptors (Lipinski definition) is 5. The Bertz CT molecular complexity index is 826. The fourth-order valence-corrected chi connectivity index (χ4v) is 5.80. The molecular weight excluding hydrogens is 378 g/mol. The molecule has 0 spiro atoms. The van der Waals surface area contributed by atoms with Crippen LogP contribution in [0.2, 0.25) is 0 Å². The van der Waals surface area contributed by atoms with Crippen molar-refractivity contribution in [2.75, 3.05) is 25.0 Å². The van der Waals surface area contributed by atoms with Crippen molar-refractivity contribution in [3.8, 4) is 0 Å². The van der Waals surface area contributed by atoms with Gasteiger partial charge < -0.3 is 15.5 Å². The number of thiophene rings is 1. The van der Waals surface area contributed by atoms with E-state index >= 15 is 0 Å². The minimum Gasteiger partial charge on any atom is -0.347 e. The number of benzene rings is 1. The first-order valence-corrected chi connectivity index (χ1v) is 10.9. The number of nitrogens with one attached hydrogen (secondary N) is 2. The van der Waals surface area contributed by atoms with E-state index in [1.807, 2.05) is 36.4 Å². The van der Waals surface area contributed by atoms with Crippen LogP contribution in [0.25, 0.3) is 0 Å². The van der Waals surface area contributed by atoms with Gasteiger partial charge in [0.15, 0.2) is 0 Å². The first-order valence-electron chi connectivity index (χ1n) is 9.25. The second-order valence-corrected chi connectivity index (χ2v) is 9.60. The van der Waals surface area contributed by atoms with Crippen LogP contribution in [-0.4, -0.2) is 42.4 Å². The minimum atomic E-state index is -0.0766. The first-order chi connectivity index (χ1) is 13.1. The summed E-state index contributed by atoms with van der Waals surface area (Å²) in [6, 6.07) is 11.9. The monoisotopic (exact) mass is 401 g/mol. The second-order valence-electron chi connectivity index (χ2n) is 7.14. The van der Waals surface area contributed by atoms with E-state index in [4.69, 9.17) is 0 Å². The van der Waals surface area contributed by atoms with Crippen molar-refractivity contribution in [3.05, 3.63) is 41.3 Å². The molecule has 142 valence electrons. The second kappa shape index (κ2) is 8.04. The van der Waals surface area contributed by atoms with Crippen LogP contribution in [0.5, 0.6) is 0 Å².